The number of hydrogen-bond donors (Lipinski definition) is 1. The number of aromatic nitrogens is 2. The van der Waals surface area contributed by atoms with Crippen LogP contribution in [0.5, 0.6) is 0 Å². The van der Waals surface area contributed by atoms with Gasteiger partial charge in [-0.3, -0.25) is 4.68 Å². The summed E-state index contributed by atoms with van der Waals surface area (Å²) in [6.45, 7) is 0.807. The standard InChI is InChI=1S/C12H12BrN3O2/c13-10-3-2-9(8-11(10)14)12(17)18-7-6-16-5-1-4-15-16/h1-5,8H,6-7,14H2. The molecule has 0 aliphatic rings. The van der Waals surface area contributed by atoms with Gasteiger partial charge in [-0.1, -0.05) is 0 Å². The summed E-state index contributed by atoms with van der Waals surface area (Å²) in [5.74, 6) is -0.388. The van der Waals surface area contributed by atoms with Crippen LogP contribution in [0.4, 0.5) is 5.69 Å². The van der Waals surface area contributed by atoms with Crippen molar-refractivity contribution in [3.05, 3.63) is 46.7 Å². The molecule has 1 aromatic carbocycles. The first-order valence-electron chi connectivity index (χ1n) is 5.36. The third-order valence-corrected chi connectivity index (χ3v) is 3.07. The van der Waals surface area contributed by atoms with Crippen LogP contribution in [0.2, 0.25) is 0 Å². The number of ether oxygens (including phenoxy) is 1. The van der Waals surface area contributed by atoms with Crippen molar-refractivity contribution < 1.29 is 9.53 Å². The van der Waals surface area contributed by atoms with Crippen molar-refractivity contribution in [2.45, 2.75) is 6.54 Å². The number of nitrogens with two attached hydrogens (primary N) is 1. The second-order valence-electron chi connectivity index (χ2n) is 3.64. The Bertz CT molecular complexity index is 540. The molecule has 0 fully saturated rings. The Labute approximate surface area is 113 Å². The molecule has 0 saturated heterocycles. The fourth-order valence-corrected chi connectivity index (χ4v) is 1.67. The third-order valence-electron chi connectivity index (χ3n) is 2.34. The van der Waals surface area contributed by atoms with Crippen LogP contribution in [-0.2, 0) is 11.3 Å². The van der Waals surface area contributed by atoms with Crippen LogP contribution in [0.25, 0.3) is 0 Å². The number of esters is 1. The summed E-state index contributed by atoms with van der Waals surface area (Å²) >= 11 is 3.27. The van der Waals surface area contributed by atoms with Crippen molar-refractivity contribution in [2.75, 3.05) is 12.3 Å². The molecule has 1 heterocycles. The third kappa shape index (κ3) is 3.10. The monoisotopic (exact) mass is 309 g/mol. The number of rotatable bonds is 4. The van der Waals surface area contributed by atoms with Gasteiger partial charge in [0, 0.05) is 22.6 Å². The Balaban J connectivity index is 1.89. The molecule has 6 heteroatoms. The maximum atomic E-state index is 11.7. The SMILES string of the molecule is Nc1cc(C(=O)OCCn2cccn2)ccc1Br. The van der Waals surface area contributed by atoms with Crippen LogP contribution in [0, 0.1) is 0 Å². The lowest BCUT2D eigenvalue weighted by atomic mass is 10.2. The van der Waals surface area contributed by atoms with Crippen molar-refractivity contribution in [2.24, 2.45) is 0 Å². The van der Waals surface area contributed by atoms with Gasteiger partial charge in [-0.2, -0.15) is 5.10 Å². The van der Waals surface area contributed by atoms with Gasteiger partial charge in [0.15, 0.2) is 0 Å². The lowest BCUT2D eigenvalue weighted by Gasteiger charge is -2.06. The summed E-state index contributed by atoms with van der Waals surface area (Å²) in [5, 5.41) is 4.01. The number of nitrogens with zero attached hydrogens (tertiary/aromatic N) is 2. The highest BCUT2D eigenvalue weighted by Gasteiger charge is 2.08. The minimum Gasteiger partial charge on any atom is -0.460 e. The Morgan fingerprint density at radius 3 is 3.00 bits per heavy atom. The van der Waals surface area contributed by atoms with Crippen molar-refractivity contribution in [3.63, 3.8) is 0 Å². The molecule has 0 aliphatic heterocycles. The molecule has 0 atom stereocenters. The van der Waals surface area contributed by atoms with E-state index in [1.807, 2.05) is 12.3 Å². The minimum atomic E-state index is -0.388. The van der Waals surface area contributed by atoms with Gasteiger partial charge in [-0.05, 0) is 40.2 Å². The van der Waals surface area contributed by atoms with Gasteiger partial charge in [-0.15, -0.1) is 0 Å². The first kappa shape index (κ1) is 12.6. The first-order valence-corrected chi connectivity index (χ1v) is 6.15. The first-order chi connectivity index (χ1) is 8.66. The predicted octanol–water partition coefficient (Wildman–Crippen LogP) is 2.08. The number of carbonyl (C=O) groups is 1. The molecule has 1 aromatic heterocycles. The number of benzene rings is 1. The van der Waals surface area contributed by atoms with Gasteiger partial charge in [-0.25, -0.2) is 4.79 Å². The molecular weight excluding hydrogens is 298 g/mol. The lowest BCUT2D eigenvalue weighted by Crippen LogP contribution is -2.12. The van der Waals surface area contributed by atoms with Crippen LogP contribution >= 0.6 is 15.9 Å². The molecule has 94 valence electrons. The second kappa shape index (κ2) is 5.68. The summed E-state index contributed by atoms with van der Waals surface area (Å²) in [6.07, 6.45) is 3.49. The van der Waals surface area contributed by atoms with E-state index in [2.05, 4.69) is 21.0 Å². The average Bonchev–Trinajstić information content (AvgIpc) is 2.85. The van der Waals surface area contributed by atoms with Gasteiger partial charge in [0.05, 0.1) is 12.1 Å². The van der Waals surface area contributed by atoms with Gasteiger partial charge in [0.25, 0.3) is 0 Å². The summed E-state index contributed by atoms with van der Waals surface area (Å²) in [5.41, 5.74) is 6.65. The largest absolute Gasteiger partial charge is 0.460 e. The molecule has 0 amide bonds. The topological polar surface area (TPSA) is 70.1 Å². The summed E-state index contributed by atoms with van der Waals surface area (Å²) < 4.78 is 7.58. The van der Waals surface area contributed by atoms with Crippen molar-refractivity contribution in [1.82, 2.24) is 9.78 Å². The second-order valence-corrected chi connectivity index (χ2v) is 4.50. The van der Waals surface area contributed by atoms with Crippen molar-refractivity contribution in [3.8, 4) is 0 Å². The molecule has 0 radical (unpaired) electrons. The number of carbonyl (C=O) groups excluding carboxylic acids is 1. The van der Waals surface area contributed by atoms with E-state index in [1.54, 1.807) is 29.1 Å². The van der Waals surface area contributed by atoms with Crippen LogP contribution in [0.1, 0.15) is 10.4 Å². The van der Waals surface area contributed by atoms with E-state index in [0.29, 0.717) is 17.8 Å². The van der Waals surface area contributed by atoms with E-state index in [4.69, 9.17) is 10.5 Å². The van der Waals surface area contributed by atoms with Crippen LogP contribution in [0.15, 0.2) is 41.1 Å². The number of nitrogen functional groups attached to an aromatic ring is 1. The van der Waals surface area contributed by atoms with Gasteiger partial charge in [0.2, 0.25) is 0 Å². The molecule has 2 aromatic rings. The molecule has 18 heavy (non-hydrogen) atoms. The predicted molar refractivity (Wildman–Crippen MR) is 71.1 cm³/mol. The fraction of sp³-hybridized carbons (Fsp3) is 0.167. The maximum absolute atomic E-state index is 11.7. The Kier molecular flexibility index (Phi) is 3.99. The average molecular weight is 310 g/mol. The number of halogens is 1. The normalized spacial score (nSPS) is 10.3. The maximum Gasteiger partial charge on any atom is 0.338 e. The Morgan fingerprint density at radius 2 is 2.33 bits per heavy atom. The molecule has 5 nitrogen and oxygen atoms in total. The molecule has 2 rings (SSSR count). The van der Waals surface area contributed by atoms with E-state index in [0.717, 1.165) is 4.47 Å². The van der Waals surface area contributed by atoms with E-state index in [9.17, 15) is 4.79 Å². The van der Waals surface area contributed by atoms with E-state index in [1.165, 1.54) is 0 Å². The van der Waals surface area contributed by atoms with E-state index in [-0.39, 0.29) is 12.6 Å². The Morgan fingerprint density at radius 1 is 1.50 bits per heavy atom. The highest BCUT2D eigenvalue weighted by Crippen LogP contribution is 2.20. The highest BCUT2D eigenvalue weighted by molar-refractivity contribution is 9.10. The summed E-state index contributed by atoms with van der Waals surface area (Å²) in [6, 6.07) is 6.79. The minimum absolute atomic E-state index is 0.274. The van der Waals surface area contributed by atoms with E-state index >= 15 is 0 Å². The summed E-state index contributed by atoms with van der Waals surface area (Å²) in [7, 11) is 0. The number of anilines is 1. The molecule has 0 unspecified atom stereocenters. The lowest BCUT2D eigenvalue weighted by molar-refractivity contribution is 0.0488. The van der Waals surface area contributed by atoms with Gasteiger partial charge in [0.1, 0.15) is 6.61 Å². The van der Waals surface area contributed by atoms with Crippen LogP contribution < -0.4 is 5.73 Å². The van der Waals surface area contributed by atoms with E-state index < -0.39 is 0 Å². The molecule has 2 N–H and O–H groups in total. The zero-order valence-electron chi connectivity index (χ0n) is 9.54. The molecule has 0 saturated carbocycles. The Hall–Kier alpha value is -1.82. The molecular formula is C12H12BrN3O2. The van der Waals surface area contributed by atoms with Crippen molar-refractivity contribution >= 4 is 27.6 Å². The fourth-order valence-electron chi connectivity index (χ4n) is 1.42. The van der Waals surface area contributed by atoms with Crippen molar-refractivity contribution in [1.29, 1.82) is 0 Å². The molecule has 0 bridgehead atoms. The van der Waals surface area contributed by atoms with Crippen LogP contribution in [0.3, 0.4) is 0 Å². The highest BCUT2D eigenvalue weighted by atomic mass is 79.9. The van der Waals surface area contributed by atoms with Gasteiger partial charge < -0.3 is 10.5 Å². The molecule has 0 aliphatic carbocycles. The zero-order chi connectivity index (χ0) is 13.0. The number of hydrogen-bond acceptors (Lipinski definition) is 4. The smallest absolute Gasteiger partial charge is 0.338 e. The zero-order valence-corrected chi connectivity index (χ0v) is 11.1. The summed E-state index contributed by atoms with van der Waals surface area (Å²) in [4.78, 5) is 11.7. The van der Waals surface area contributed by atoms with Gasteiger partial charge >= 0.3 is 5.97 Å². The quantitative estimate of drug-likeness (QED) is 0.693. The van der Waals surface area contributed by atoms with Crippen LogP contribution in [-0.4, -0.2) is 22.4 Å². The molecule has 0 spiro atoms.